The highest BCUT2D eigenvalue weighted by Crippen LogP contribution is 2.06. The molecule has 8 amide bonds. The van der Waals surface area contributed by atoms with Crippen LogP contribution in [0.1, 0.15) is 45.2 Å². The first kappa shape index (κ1) is 43.3. The Kier molecular flexibility index (Phi) is 18.2. The Morgan fingerprint density at radius 1 is 0.725 bits per heavy atom. The number of hydrogen-bond donors (Lipinski definition) is 13. The summed E-state index contributed by atoms with van der Waals surface area (Å²) in [5.74, 6) is -8.99. The van der Waals surface area contributed by atoms with Gasteiger partial charge < -0.3 is 69.4 Å². The van der Waals surface area contributed by atoms with Crippen molar-refractivity contribution in [2.45, 2.75) is 88.4 Å². The number of carboxylic acid groups (broad SMARTS) is 1. The number of carbonyl (C=O) groups excluding carboxylic acids is 8. The fourth-order valence-electron chi connectivity index (χ4n) is 4.11. The van der Waals surface area contributed by atoms with Crippen LogP contribution in [0.3, 0.4) is 0 Å². The first-order chi connectivity index (χ1) is 23.8. The van der Waals surface area contributed by atoms with E-state index >= 15 is 0 Å². The third kappa shape index (κ3) is 16.5. The molecular formula is C28H45N11O12. The molecule has 23 heteroatoms. The summed E-state index contributed by atoms with van der Waals surface area (Å²) in [6.45, 7) is 1.07. The first-order valence-electron chi connectivity index (χ1n) is 15.5. The van der Waals surface area contributed by atoms with Gasteiger partial charge in [0.05, 0.1) is 31.6 Å². The molecule has 51 heavy (non-hydrogen) atoms. The van der Waals surface area contributed by atoms with E-state index < -0.39 is 122 Å². The molecule has 1 rings (SSSR count). The lowest BCUT2D eigenvalue weighted by atomic mass is 10.0. The summed E-state index contributed by atoms with van der Waals surface area (Å²) in [7, 11) is 0. The number of aromatic nitrogens is 2. The number of rotatable bonds is 23. The second-order valence-corrected chi connectivity index (χ2v) is 11.4. The van der Waals surface area contributed by atoms with Crippen LogP contribution in [0, 0.1) is 0 Å². The molecule has 284 valence electrons. The second-order valence-electron chi connectivity index (χ2n) is 11.4. The molecule has 0 saturated carbocycles. The van der Waals surface area contributed by atoms with Gasteiger partial charge >= 0.3 is 5.97 Å². The van der Waals surface area contributed by atoms with Crippen molar-refractivity contribution in [3.63, 3.8) is 0 Å². The van der Waals surface area contributed by atoms with E-state index in [1.807, 2.05) is 0 Å². The van der Waals surface area contributed by atoms with Gasteiger partial charge in [-0.25, -0.2) is 9.78 Å². The van der Waals surface area contributed by atoms with E-state index in [9.17, 15) is 58.5 Å². The van der Waals surface area contributed by atoms with Crippen LogP contribution in [0.15, 0.2) is 12.5 Å². The summed E-state index contributed by atoms with van der Waals surface area (Å²) < 4.78 is 0. The maximum atomic E-state index is 13.4. The molecule has 1 heterocycles. The molecule has 7 atom stereocenters. The van der Waals surface area contributed by atoms with Gasteiger partial charge in [0.15, 0.2) is 0 Å². The fraction of sp³-hybridized carbons (Fsp3) is 0.571. The van der Waals surface area contributed by atoms with Crippen LogP contribution in [-0.4, -0.2) is 134 Å². The Morgan fingerprint density at radius 3 is 1.76 bits per heavy atom. The van der Waals surface area contributed by atoms with Gasteiger partial charge in [0.1, 0.15) is 30.2 Å². The van der Waals surface area contributed by atoms with Crippen LogP contribution in [-0.2, 0) is 49.6 Å². The molecule has 0 radical (unpaired) electrons. The molecule has 0 aliphatic heterocycles. The lowest BCUT2D eigenvalue weighted by Crippen LogP contribution is -2.60. The minimum atomic E-state index is -1.72. The smallest absolute Gasteiger partial charge is 0.326 e. The molecule has 1 aromatic heterocycles. The number of nitrogens with zero attached hydrogens (tertiary/aromatic N) is 1. The number of aliphatic hydroxyl groups excluding tert-OH is 2. The van der Waals surface area contributed by atoms with Gasteiger partial charge in [-0.2, -0.15) is 0 Å². The quantitative estimate of drug-likeness (QED) is 0.0498. The number of carboxylic acids is 1. The monoisotopic (exact) mass is 727 g/mol. The van der Waals surface area contributed by atoms with Crippen LogP contribution in [0.4, 0.5) is 0 Å². The van der Waals surface area contributed by atoms with Gasteiger partial charge in [0.2, 0.25) is 47.3 Å². The van der Waals surface area contributed by atoms with Gasteiger partial charge in [-0.1, -0.05) is 0 Å². The standard InChI is InChI=1S/C28H45N11O12/c1-12(40)22(31)26(48)34-9-20(44)33-10-21(45)39-23(13(2)41)27(49)36-15(3-5-18(29)42)24(46)38-17(7-14-8-32-11-35-14)25(47)37-16(28(50)51)4-6-19(30)43/h8,11-13,15-17,22-23,40-41H,3-7,9-10,31H2,1-2H3,(H2,29,42)(H2,30,43)(H,32,35)(H,33,44)(H,34,48)(H,36,49)(H,37,47)(H,38,46)(H,39,45)(H,50,51)/t12-,13-,15+,16+,17+,22+,23+/m1/s1. The van der Waals surface area contributed by atoms with Crippen molar-refractivity contribution in [2.75, 3.05) is 13.1 Å². The van der Waals surface area contributed by atoms with Crippen molar-refractivity contribution in [3.05, 3.63) is 18.2 Å². The number of nitrogens with two attached hydrogens (primary N) is 3. The summed E-state index contributed by atoms with van der Waals surface area (Å²) in [5.41, 5.74) is 16.1. The number of amides is 8. The Bertz CT molecular complexity index is 1400. The number of aromatic amines is 1. The SMILES string of the molecule is C[C@@H](O)[C@H](N)C(=O)NCC(=O)NCC(=O)N[C@H](C(=O)N[C@@H](CCC(N)=O)C(=O)N[C@@H](Cc1cnc[nH]1)C(=O)N[C@@H](CCC(N)=O)C(=O)O)[C@@H](C)O. The largest absolute Gasteiger partial charge is 0.480 e. The van der Waals surface area contributed by atoms with E-state index in [-0.39, 0.29) is 19.3 Å². The number of carbonyl (C=O) groups is 9. The number of aliphatic carboxylic acids is 1. The van der Waals surface area contributed by atoms with Gasteiger partial charge in [0.25, 0.3) is 0 Å². The van der Waals surface area contributed by atoms with Gasteiger partial charge in [-0.3, -0.25) is 38.4 Å². The van der Waals surface area contributed by atoms with Crippen molar-refractivity contribution in [1.29, 1.82) is 0 Å². The molecule has 0 spiro atoms. The van der Waals surface area contributed by atoms with Crippen molar-refractivity contribution in [3.8, 4) is 0 Å². The molecule has 0 fully saturated rings. The van der Waals surface area contributed by atoms with Crippen LogP contribution < -0.4 is 49.1 Å². The predicted molar refractivity (Wildman–Crippen MR) is 172 cm³/mol. The number of imidazole rings is 1. The van der Waals surface area contributed by atoms with Crippen molar-refractivity contribution in [1.82, 2.24) is 41.9 Å². The van der Waals surface area contributed by atoms with Gasteiger partial charge in [-0.05, 0) is 26.7 Å². The zero-order valence-corrected chi connectivity index (χ0v) is 27.8. The van der Waals surface area contributed by atoms with Crippen molar-refractivity contribution >= 4 is 53.2 Å². The van der Waals surface area contributed by atoms with Crippen molar-refractivity contribution < 1.29 is 58.5 Å². The normalized spacial score (nSPS) is 14.9. The molecule has 0 saturated heterocycles. The molecule has 1 aromatic rings. The number of H-pyrrole nitrogens is 1. The minimum Gasteiger partial charge on any atom is -0.480 e. The summed E-state index contributed by atoms with van der Waals surface area (Å²) >= 11 is 0. The molecule has 0 aliphatic carbocycles. The lowest BCUT2D eigenvalue weighted by Gasteiger charge is -2.26. The maximum absolute atomic E-state index is 13.4. The fourth-order valence-corrected chi connectivity index (χ4v) is 4.11. The van der Waals surface area contributed by atoms with E-state index in [1.54, 1.807) is 0 Å². The number of hydrogen-bond acceptors (Lipinski definition) is 13. The average Bonchev–Trinajstić information content (AvgIpc) is 3.56. The van der Waals surface area contributed by atoms with E-state index in [4.69, 9.17) is 17.2 Å². The zero-order chi connectivity index (χ0) is 38.8. The van der Waals surface area contributed by atoms with Crippen LogP contribution >= 0.6 is 0 Å². The van der Waals surface area contributed by atoms with E-state index in [1.165, 1.54) is 19.4 Å². The number of aliphatic hydroxyl groups is 2. The molecular weight excluding hydrogens is 682 g/mol. The van der Waals surface area contributed by atoms with Crippen molar-refractivity contribution in [2.24, 2.45) is 17.2 Å². The average molecular weight is 728 g/mol. The van der Waals surface area contributed by atoms with Crippen LogP contribution in [0.25, 0.3) is 0 Å². The highest BCUT2D eigenvalue weighted by atomic mass is 16.4. The Hall–Kier alpha value is -5.68. The highest BCUT2D eigenvalue weighted by molar-refractivity contribution is 5.96. The third-order valence-electron chi connectivity index (χ3n) is 6.99. The van der Waals surface area contributed by atoms with E-state index in [2.05, 4.69) is 41.9 Å². The second kappa shape index (κ2) is 21.4. The Labute approximate surface area is 290 Å². The predicted octanol–water partition coefficient (Wildman–Crippen LogP) is -7.17. The number of nitrogens with one attached hydrogen (secondary N) is 7. The summed E-state index contributed by atoms with van der Waals surface area (Å²) in [4.78, 5) is 117. The van der Waals surface area contributed by atoms with Gasteiger partial charge in [-0.15, -0.1) is 0 Å². The van der Waals surface area contributed by atoms with Gasteiger partial charge in [0, 0.05) is 31.2 Å². The summed E-state index contributed by atoms with van der Waals surface area (Å²) in [6, 6.07) is -7.67. The molecule has 16 N–H and O–H groups in total. The number of primary amides is 2. The molecule has 0 aliphatic rings. The van der Waals surface area contributed by atoms with Crippen LogP contribution in [0.5, 0.6) is 0 Å². The highest BCUT2D eigenvalue weighted by Gasteiger charge is 2.33. The molecule has 0 aromatic carbocycles. The zero-order valence-electron chi connectivity index (χ0n) is 27.8. The van der Waals surface area contributed by atoms with Crippen LogP contribution in [0.2, 0.25) is 0 Å². The molecule has 0 bridgehead atoms. The van der Waals surface area contributed by atoms with E-state index in [0.29, 0.717) is 5.69 Å². The Balaban J connectivity index is 3.06. The molecule has 0 unspecified atom stereocenters. The summed E-state index contributed by atoms with van der Waals surface area (Å²) in [6.07, 6.45) is -2.01. The first-order valence-corrected chi connectivity index (χ1v) is 15.5. The Morgan fingerprint density at radius 2 is 1.25 bits per heavy atom. The summed E-state index contributed by atoms with van der Waals surface area (Å²) in [5, 5.41) is 42.4. The lowest BCUT2D eigenvalue weighted by molar-refractivity contribution is -0.142. The van der Waals surface area contributed by atoms with E-state index in [0.717, 1.165) is 6.92 Å². The third-order valence-corrected chi connectivity index (χ3v) is 6.99. The topological polar surface area (TPSA) is 393 Å². The minimum absolute atomic E-state index is 0.259. The molecule has 23 nitrogen and oxygen atoms in total. The maximum Gasteiger partial charge on any atom is 0.326 e.